The van der Waals surface area contributed by atoms with Gasteiger partial charge in [0.15, 0.2) is 11.5 Å². The first-order valence-electron chi connectivity index (χ1n) is 7.89. The predicted octanol–water partition coefficient (Wildman–Crippen LogP) is 3.09. The number of amides is 1. The summed E-state index contributed by atoms with van der Waals surface area (Å²) in [6.07, 6.45) is 2.53. The van der Waals surface area contributed by atoms with Crippen LogP contribution in [0.4, 0.5) is 17.2 Å². The highest BCUT2D eigenvalue weighted by Gasteiger charge is 2.15. The van der Waals surface area contributed by atoms with Gasteiger partial charge in [0.1, 0.15) is 0 Å². The van der Waals surface area contributed by atoms with Crippen LogP contribution in [0.1, 0.15) is 14.8 Å². The summed E-state index contributed by atoms with van der Waals surface area (Å²) in [4.78, 5) is 20.8. The van der Waals surface area contributed by atoms with Crippen LogP contribution in [0.5, 0.6) is 0 Å². The molecule has 8 nitrogen and oxygen atoms in total. The second-order valence-electron chi connectivity index (χ2n) is 5.76. The van der Waals surface area contributed by atoms with Crippen molar-refractivity contribution in [3.8, 4) is 11.3 Å². The molecule has 1 aromatic heterocycles. The summed E-state index contributed by atoms with van der Waals surface area (Å²) in [5.74, 6) is -0.453. The summed E-state index contributed by atoms with van der Waals surface area (Å²) in [6, 6.07) is 15.5. The van der Waals surface area contributed by atoms with Gasteiger partial charge in [0.25, 0.3) is 5.91 Å². The van der Waals surface area contributed by atoms with Crippen LogP contribution in [-0.4, -0.2) is 30.5 Å². The van der Waals surface area contributed by atoms with Gasteiger partial charge < -0.3 is 11.1 Å². The number of sulfonamides is 1. The zero-order valence-electron chi connectivity index (χ0n) is 14.4. The van der Waals surface area contributed by atoms with Crippen molar-refractivity contribution in [2.45, 2.75) is 0 Å². The summed E-state index contributed by atoms with van der Waals surface area (Å²) in [7, 11) is -3.36. The summed E-state index contributed by atoms with van der Waals surface area (Å²) in [6.45, 7) is 0. The lowest BCUT2D eigenvalue weighted by Crippen LogP contribution is -2.17. The Morgan fingerprint density at radius 3 is 2.33 bits per heavy atom. The van der Waals surface area contributed by atoms with E-state index in [9.17, 15) is 13.2 Å². The highest BCUT2D eigenvalue weighted by Crippen LogP contribution is 2.21. The fourth-order valence-corrected chi connectivity index (χ4v) is 2.90. The molecule has 2 aromatic carbocycles. The maximum Gasteiger partial charge on any atom is 0.278 e. The number of aromatic nitrogens is 2. The standard InChI is InChI=1S/C18H17N5O3S.3H2/c1-27(25,26)23-14-9-7-12(8-10-14)15-11-20-17(19)16(22-15)18(24)21-13-5-3-2-4-6-13;;;/h2-11,23H,1H3,(H2,19,20)(H,21,24);3*1H. The molecule has 1 amide bonds. The lowest BCUT2D eigenvalue weighted by molar-refractivity contribution is 0.102. The number of nitrogens with one attached hydrogen (secondary N) is 2. The van der Waals surface area contributed by atoms with Crippen LogP contribution < -0.4 is 15.8 Å². The number of hydrogen-bond donors (Lipinski definition) is 3. The van der Waals surface area contributed by atoms with Crippen molar-refractivity contribution < 1.29 is 17.5 Å². The molecule has 0 spiro atoms. The molecule has 144 valence electrons. The van der Waals surface area contributed by atoms with E-state index in [4.69, 9.17) is 5.73 Å². The summed E-state index contributed by atoms with van der Waals surface area (Å²) in [5.41, 5.74) is 7.95. The first-order chi connectivity index (χ1) is 12.8. The van der Waals surface area contributed by atoms with Gasteiger partial charge in [0, 0.05) is 21.2 Å². The fraction of sp³-hybridized carbons (Fsp3) is 0.0556. The number of nitrogen functional groups attached to an aromatic ring is 1. The summed E-state index contributed by atoms with van der Waals surface area (Å²) < 4.78 is 24.9. The van der Waals surface area contributed by atoms with Crippen LogP contribution in [0.3, 0.4) is 0 Å². The zero-order valence-corrected chi connectivity index (χ0v) is 15.2. The molecule has 0 aliphatic carbocycles. The average molecular weight is 389 g/mol. The number of para-hydroxylation sites is 1. The van der Waals surface area contributed by atoms with Crippen molar-refractivity contribution in [1.29, 1.82) is 0 Å². The lowest BCUT2D eigenvalue weighted by atomic mass is 10.1. The molecule has 0 saturated carbocycles. The summed E-state index contributed by atoms with van der Waals surface area (Å²) in [5, 5.41) is 2.71. The van der Waals surface area contributed by atoms with Crippen molar-refractivity contribution in [1.82, 2.24) is 9.97 Å². The van der Waals surface area contributed by atoms with E-state index in [0.717, 1.165) is 6.26 Å². The van der Waals surface area contributed by atoms with Crippen molar-refractivity contribution >= 4 is 33.1 Å². The third kappa shape index (κ3) is 4.79. The van der Waals surface area contributed by atoms with E-state index in [1.807, 2.05) is 6.07 Å². The number of hydrogen-bond acceptors (Lipinski definition) is 6. The maximum atomic E-state index is 12.5. The molecule has 0 unspecified atom stereocenters. The maximum absolute atomic E-state index is 12.5. The van der Waals surface area contributed by atoms with Crippen molar-refractivity contribution in [2.75, 3.05) is 22.0 Å². The molecular weight excluding hydrogens is 366 g/mol. The van der Waals surface area contributed by atoms with Gasteiger partial charge in [0.2, 0.25) is 10.0 Å². The van der Waals surface area contributed by atoms with Crippen LogP contribution in [0.25, 0.3) is 11.3 Å². The Hall–Kier alpha value is -3.46. The van der Waals surface area contributed by atoms with Crippen molar-refractivity contribution in [3.05, 3.63) is 66.5 Å². The normalized spacial score (nSPS) is 11.0. The number of anilines is 3. The van der Waals surface area contributed by atoms with Crippen molar-refractivity contribution in [3.63, 3.8) is 0 Å². The Morgan fingerprint density at radius 2 is 1.70 bits per heavy atom. The molecule has 0 atom stereocenters. The SMILES string of the molecule is CS(=O)(=O)Nc1ccc(-c2cnc(N)c(C(=O)Nc3ccccc3)n2)cc1.[HH].[HH].[HH]. The molecule has 27 heavy (non-hydrogen) atoms. The lowest BCUT2D eigenvalue weighted by Gasteiger charge is -2.09. The van der Waals surface area contributed by atoms with E-state index in [2.05, 4.69) is 20.0 Å². The minimum Gasteiger partial charge on any atom is -0.382 e. The van der Waals surface area contributed by atoms with E-state index in [1.54, 1.807) is 48.5 Å². The van der Waals surface area contributed by atoms with Gasteiger partial charge in [-0.3, -0.25) is 9.52 Å². The average Bonchev–Trinajstić information content (AvgIpc) is 2.62. The predicted molar refractivity (Wildman–Crippen MR) is 111 cm³/mol. The minimum absolute atomic E-state index is 0. The molecule has 0 aliphatic rings. The molecule has 3 aromatic rings. The van der Waals surface area contributed by atoms with Gasteiger partial charge in [-0.25, -0.2) is 18.4 Å². The largest absolute Gasteiger partial charge is 0.382 e. The van der Waals surface area contributed by atoms with E-state index >= 15 is 0 Å². The molecule has 1 heterocycles. The first-order valence-corrected chi connectivity index (χ1v) is 9.78. The van der Waals surface area contributed by atoms with Gasteiger partial charge in [-0.15, -0.1) is 0 Å². The monoisotopic (exact) mass is 389 g/mol. The van der Waals surface area contributed by atoms with E-state index in [-0.39, 0.29) is 15.8 Å². The first kappa shape index (κ1) is 18.3. The number of rotatable bonds is 5. The molecule has 0 fully saturated rings. The quantitative estimate of drug-likeness (QED) is 0.615. The smallest absolute Gasteiger partial charge is 0.278 e. The Bertz CT molecular complexity index is 1080. The van der Waals surface area contributed by atoms with Gasteiger partial charge >= 0.3 is 0 Å². The van der Waals surface area contributed by atoms with Gasteiger partial charge in [-0.05, 0) is 24.3 Å². The zero-order chi connectivity index (χ0) is 19.4. The van der Waals surface area contributed by atoms with E-state index in [0.29, 0.717) is 22.6 Å². The Morgan fingerprint density at radius 1 is 1.04 bits per heavy atom. The van der Waals surface area contributed by atoms with Gasteiger partial charge in [0.05, 0.1) is 18.1 Å². The van der Waals surface area contributed by atoms with Crippen molar-refractivity contribution in [2.24, 2.45) is 0 Å². The second kappa shape index (κ2) is 7.42. The van der Waals surface area contributed by atoms with Gasteiger partial charge in [-0.1, -0.05) is 30.3 Å². The fourth-order valence-electron chi connectivity index (χ4n) is 2.34. The molecular formula is C18H23N5O3S. The topological polar surface area (TPSA) is 127 Å². The molecule has 3 rings (SSSR count). The number of carbonyl (C=O) groups is 1. The molecule has 0 saturated heterocycles. The van der Waals surface area contributed by atoms with E-state index < -0.39 is 15.9 Å². The minimum atomic E-state index is -3.36. The molecule has 0 bridgehead atoms. The number of carbonyl (C=O) groups excluding carboxylic acids is 1. The van der Waals surface area contributed by atoms with Crippen LogP contribution in [0.2, 0.25) is 0 Å². The highest BCUT2D eigenvalue weighted by molar-refractivity contribution is 7.92. The number of benzene rings is 2. The Balaban J connectivity index is 0.00000280. The summed E-state index contributed by atoms with van der Waals surface area (Å²) >= 11 is 0. The third-order valence-electron chi connectivity index (χ3n) is 3.53. The molecule has 0 radical (unpaired) electrons. The van der Waals surface area contributed by atoms with Crippen LogP contribution >= 0.6 is 0 Å². The molecule has 9 heteroatoms. The van der Waals surface area contributed by atoms with Gasteiger partial charge in [-0.2, -0.15) is 0 Å². The van der Waals surface area contributed by atoms with Crippen LogP contribution in [0, 0.1) is 0 Å². The third-order valence-corrected chi connectivity index (χ3v) is 4.14. The molecule has 0 aliphatic heterocycles. The Labute approximate surface area is 161 Å². The number of nitrogens with zero attached hydrogens (tertiary/aromatic N) is 2. The van der Waals surface area contributed by atoms with Crippen LogP contribution in [-0.2, 0) is 10.0 Å². The highest BCUT2D eigenvalue weighted by atomic mass is 32.2. The van der Waals surface area contributed by atoms with E-state index in [1.165, 1.54) is 6.20 Å². The second-order valence-corrected chi connectivity index (χ2v) is 7.51. The molecule has 4 N–H and O–H groups in total. The van der Waals surface area contributed by atoms with Crippen LogP contribution in [0.15, 0.2) is 60.8 Å². The number of nitrogens with two attached hydrogens (primary N) is 1. The Kier molecular flexibility index (Phi) is 5.04.